The van der Waals surface area contributed by atoms with Crippen LogP contribution >= 0.6 is 11.6 Å². The van der Waals surface area contributed by atoms with E-state index in [2.05, 4.69) is 21.7 Å². The zero-order valence-corrected chi connectivity index (χ0v) is 16.8. The van der Waals surface area contributed by atoms with E-state index in [-0.39, 0.29) is 17.2 Å². The molecule has 0 N–H and O–H groups in total. The average molecular weight is 397 g/mol. The number of ketones is 1. The third-order valence-electron chi connectivity index (χ3n) is 5.06. The van der Waals surface area contributed by atoms with E-state index in [1.165, 1.54) is 4.57 Å². The summed E-state index contributed by atoms with van der Waals surface area (Å²) >= 11 is 6.03. The van der Waals surface area contributed by atoms with Gasteiger partial charge in [-0.1, -0.05) is 11.6 Å². The van der Waals surface area contributed by atoms with E-state index in [0.29, 0.717) is 27.2 Å². The summed E-state index contributed by atoms with van der Waals surface area (Å²) in [5.41, 5.74) is 2.20. The van der Waals surface area contributed by atoms with Crippen molar-refractivity contribution >= 4 is 34.0 Å². The molecule has 0 unspecified atom stereocenters. The maximum Gasteiger partial charge on any atom is 0.266 e. The highest BCUT2D eigenvalue weighted by Crippen LogP contribution is 2.29. The standard InChI is InChI=1S/C21H21ClN4O2/c1-4-25(10-9-24(2)3)14-6-7-17-15(12-14)21(28)26-18-8-5-13(22)11-16(18)19(27)20(26)23-17/h5-8,11-12H,4,9-10H2,1-3H3. The molecule has 0 fully saturated rings. The molecule has 0 amide bonds. The molecular weight excluding hydrogens is 376 g/mol. The second kappa shape index (κ2) is 7.04. The van der Waals surface area contributed by atoms with Crippen molar-refractivity contribution in [1.82, 2.24) is 14.5 Å². The van der Waals surface area contributed by atoms with E-state index in [1.807, 2.05) is 32.3 Å². The summed E-state index contributed by atoms with van der Waals surface area (Å²) in [7, 11) is 4.07. The van der Waals surface area contributed by atoms with Crippen LogP contribution < -0.4 is 10.5 Å². The lowest BCUT2D eigenvalue weighted by molar-refractivity contribution is 0.103. The minimum atomic E-state index is -0.276. The topological polar surface area (TPSA) is 58.4 Å². The Balaban J connectivity index is 1.86. The van der Waals surface area contributed by atoms with Gasteiger partial charge in [-0.2, -0.15) is 0 Å². The summed E-state index contributed by atoms with van der Waals surface area (Å²) in [6, 6.07) is 10.6. The van der Waals surface area contributed by atoms with E-state index in [9.17, 15) is 9.59 Å². The van der Waals surface area contributed by atoms with Gasteiger partial charge in [0.1, 0.15) is 0 Å². The summed E-state index contributed by atoms with van der Waals surface area (Å²) < 4.78 is 1.40. The van der Waals surface area contributed by atoms with Crippen LogP contribution in [0.5, 0.6) is 0 Å². The number of carbonyl (C=O) groups is 1. The Labute approximate surface area is 168 Å². The Hall–Kier alpha value is -2.70. The summed E-state index contributed by atoms with van der Waals surface area (Å²) in [4.78, 5) is 34.8. The lowest BCUT2D eigenvalue weighted by Crippen LogP contribution is -2.31. The highest BCUT2D eigenvalue weighted by Gasteiger charge is 2.30. The highest BCUT2D eigenvalue weighted by molar-refractivity contribution is 6.31. The third-order valence-corrected chi connectivity index (χ3v) is 5.30. The maximum absolute atomic E-state index is 13.3. The molecule has 7 heteroatoms. The van der Waals surface area contributed by atoms with Crippen molar-refractivity contribution in [2.45, 2.75) is 6.92 Å². The molecule has 0 radical (unpaired) electrons. The van der Waals surface area contributed by atoms with Gasteiger partial charge in [-0.15, -0.1) is 0 Å². The molecule has 0 spiro atoms. The molecule has 0 atom stereocenters. The van der Waals surface area contributed by atoms with E-state index < -0.39 is 0 Å². The first-order chi connectivity index (χ1) is 13.4. The minimum absolute atomic E-state index is 0.141. The van der Waals surface area contributed by atoms with Crippen LogP contribution in [-0.2, 0) is 0 Å². The number of hydrogen-bond acceptors (Lipinski definition) is 5. The SMILES string of the molecule is CCN(CCN(C)C)c1ccc2nc3n(c(=O)c2c1)-c1ccc(Cl)cc1C3=O. The summed E-state index contributed by atoms with van der Waals surface area (Å²) in [6.45, 7) is 4.69. The van der Waals surface area contributed by atoms with Gasteiger partial charge in [-0.05, 0) is 57.4 Å². The second-order valence-corrected chi connectivity index (χ2v) is 7.59. The Morgan fingerprint density at radius 3 is 2.57 bits per heavy atom. The smallest absolute Gasteiger partial charge is 0.266 e. The molecule has 1 aliphatic rings. The van der Waals surface area contributed by atoms with Gasteiger partial charge in [0, 0.05) is 30.3 Å². The van der Waals surface area contributed by atoms with Crippen molar-refractivity contribution in [3.63, 3.8) is 0 Å². The number of carbonyl (C=O) groups excluding carboxylic acids is 1. The number of hydrogen-bond donors (Lipinski definition) is 0. The first-order valence-corrected chi connectivity index (χ1v) is 9.59. The predicted molar refractivity (Wildman–Crippen MR) is 112 cm³/mol. The van der Waals surface area contributed by atoms with Crippen LogP contribution in [0.2, 0.25) is 5.02 Å². The van der Waals surface area contributed by atoms with Crippen molar-refractivity contribution in [2.24, 2.45) is 0 Å². The van der Waals surface area contributed by atoms with Crippen molar-refractivity contribution in [1.29, 1.82) is 0 Å². The van der Waals surface area contributed by atoms with Crippen LogP contribution in [0.4, 0.5) is 5.69 Å². The number of halogens is 1. The fraction of sp³-hybridized carbons (Fsp3) is 0.286. The number of likely N-dealkylation sites (N-methyl/N-ethyl adjacent to an activating group) is 2. The van der Waals surface area contributed by atoms with Crippen LogP contribution in [0, 0.1) is 0 Å². The lowest BCUT2D eigenvalue weighted by atomic mass is 10.1. The van der Waals surface area contributed by atoms with E-state index in [0.717, 1.165) is 25.3 Å². The molecule has 144 valence electrons. The fourth-order valence-corrected chi connectivity index (χ4v) is 3.71. The van der Waals surface area contributed by atoms with Crippen LogP contribution in [0.25, 0.3) is 16.6 Å². The largest absolute Gasteiger partial charge is 0.371 e. The van der Waals surface area contributed by atoms with Crippen LogP contribution in [-0.4, -0.2) is 54.0 Å². The first-order valence-electron chi connectivity index (χ1n) is 9.22. The van der Waals surface area contributed by atoms with E-state index in [1.54, 1.807) is 18.2 Å². The van der Waals surface area contributed by atoms with Gasteiger partial charge in [0.05, 0.1) is 22.2 Å². The molecule has 6 nitrogen and oxygen atoms in total. The molecule has 1 aromatic heterocycles. The van der Waals surface area contributed by atoms with Crippen molar-refractivity contribution < 1.29 is 4.79 Å². The summed E-state index contributed by atoms with van der Waals surface area (Å²) in [6.07, 6.45) is 0. The molecule has 2 heterocycles. The first kappa shape index (κ1) is 18.7. The number of benzene rings is 2. The monoisotopic (exact) mass is 396 g/mol. The fourth-order valence-electron chi connectivity index (χ4n) is 3.54. The van der Waals surface area contributed by atoms with E-state index in [4.69, 9.17) is 11.6 Å². The number of fused-ring (bicyclic) bond motifs is 4. The van der Waals surface area contributed by atoms with Gasteiger partial charge in [0.2, 0.25) is 5.78 Å². The van der Waals surface area contributed by atoms with Gasteiger partial charge in [-0.3, -0.25) is 14.2 Å². The molecule has 2 aromatic carbocycles. The maximum atomic E-state index is 13.3. The lowest BCUT2D eigenvalue weighted by Gasteiger charge is -2.25. The normalized spacial score (nSPS) is 12.5. The number of anilines is 1. The predicted octanol–water partition coefficient (Wildman–Crippen LogP) is 2.97. The van der Waals surface area contributed by atoms with Crippen molar-refractivity contribution in [3.8, 4) is 5.69 Å². The quantitative estimate of drug-likeness (QED) is 0.519. The molecule has 4 rings (SSSR count). The van der Waals surface area contributed by atoms with Crippen LogP contribution in [0.3, 0.4) is 0 Å². The number of aromatic nitrogens is 2. The zero-order valence-electron chi connectivity index (χ0n) is 16.1. The molecule has 28 heavy (non-hydrogen) atoms. The van der Waals surface area contributed by atoms with Crippen molar-refractivity contribution in [2.75, 3.05) is 38.6 Å². The average Bonchev–Trinajstić information content (AvgIpc) is 2.94. The van der Waals surface area contributed by atoms with E-state index >= 15 is 0 Å². The Kier molecular flexibility index (Phi) is 4.69. The number of nitrogens with zero attached hydrogens (tertiary/aromatic N) is 4. The van der Waals surface area contributed by atoms with Crippen LogP contribution in [0.15, 0.2) is 41.2 Å². The summed E-state index contributed by atoms with van der Waals surface area (Å²) in [5.74, 6) is -0.135. The molecule has 0 saturated carbocycles. The van der Waals surface area contributed by atoms with Gasteiger partial charge in [0.15, 0.2) is 5.82 Å². The van der Waals surface area contributed by atoms with Gasteiger partial charge < -0.3 is 9.80 Å². The highest BCUT2D eigenvalue weighted by atomic mass is 35.5. The molecule has 0 saturated heterocycles. The Morgan fingerprint density at radius 2 is 1.86 bits per heavy atom. The minimum Gasteiger partial charge on any atom is -0.371 e. The van der Waals surface area contributed by atoms with Gasteiger partial charge in [0.25, 0.3) is 5.56 Å². The van der Waals surface area contributed by atoms with Crippen LogP contribution in [0.1, 0.15) is 23.1 Å². The molecule has 0 aliphatic carbocycles. The second-order valence-electron chi connectivity index (χ2n) is 7.15. The molecule has 0 bridgehead atoms. The van der Waals surface area contributed by atoms with Crippen molar-refractivity contribution in [3.05, 3.63) is 63.2 Å². The molecule has 1 aliphatic heterocycles. The number of rotatable bonds is 5. The molecule has 3 aromatic rings. The molecular formula is C21H21ClN4O2. The Morgan fingerprint density at radius 1 is 1.07 bits per heavy atom. The van der Waals surface area contributed by atoms with Gasteiger partial charge >= 0.3 is 0 Å². The third kappa shape index (κ3) is 2.99. The Bertz CT molecular complexity index is 1150. The van der Waals surface area contributed by atoms with Gasteiger partial charge in [-0.25, -0.2) is 4.98 Å². The zero-order chi connectivity index (χ0) is 20.0. The summed E-state index contributed by atoms with van der Waals surface area (Å²) in [5, 5.41) is 0.958.